The van der Waals surface area contributed by atoms with Gasteiger partial charge in [0.2, 0.25) is 5.54 Å². The second-order valence-corrected chi connectivity index (χ2v) is 5.00. The van der Waals surface area contributed by atoms with Crippen LogP contribution in [0.1, 0.15) is 6.92 Å². The van der Waals surface area contributed by atoms with Crippen LogP contribution in [0, 0.1) is 0 Å². The standard InChI is InChI=1S/C11H20F3N3O2/c1-10(9(18)19,11(12,13)14)15-3-4-17-7-5-16(2)6-8-17/h15H,3-8H2,1-2H3,(H,18,19). The van der Waals surface area contributed by atoms with Crippen molar-refractivity contribution in [2.75, 3.05) is 46.3 Å². The Morgan fingerprint density at radius 1 is 1.26 bits per heavy atom. The van der Waals surface area contributed by atoms with Gasteiger partial charge in [-0.1, -0.05) is 0 Å². The first-order valence-corrected chi connectivity index (χ1v) is 6.13. The van der Waals surface area contributed by atoms with Crippen molar-refractivity contribution in [3.05, 3.63) is 0 Å². The number of hydrogen-bond donors (Lipinski definition) is 2. The van der Waals surface area contributed by atoms with Gasteiger partial charge in [0.1, 0.15) is 0 Å². The third-order valence-corrected chi connectivity index (χ3v) is 3.50. The molecule has 0 radical (unpaired) electrons. The Labute approximate surface area is 110 Å². The Bertz CT molecular complexity index is 317. The predicted molar refractivity (Wildman–Crippen MR) is 64.0 cm³/mol. The van der Waals surface area contributed by atoms with Crippen molar-refractivity contribution in [1.82, 2.24) is 15.1 Å². The fraction of sp³-hybridized carbons (Fsp3) is 0.909. The van der Waals surface area contributed by atoms with E-state index in [1.807, 2.05) is 11.9 Å². The highest BCUT2D eigenvalue weighted by Crippen LogP contribution is 2.30. The Morgan fingerprint density at radius 3 is 2.21 bits per heavy atom. The number of carbonyl (C=O) groups is 1. The minimum atomic E-state index is -4.82. The summed E-state index contributed by atoms with van der Waals surface area (Å²) < 4.78 is 38.1. The molecule has 0 bridgehead atoms. The lowest BCUT2D eigenvalue weighted by molar-refractivity contribution is -0.206. The summed E-state index contributed by atoms with van der Waals surface area (Å²) in [6, 6.07) is 0. The Hall–Kier alpha value is -0.860. The molecule has 1 aliphatic rings. The summed E-state index contributed by atoms with van der Waals surface area (Å²) in [5, 5.41) is 10.9. The van der Waals surface area contributed by atoms with Gasteiger partial charge in [0.15, 0.2) is 0 Å². The summed E-state index contributed by atoms with van der Waals surface area (Å²) in [5.41, 5.74) is -2.89. The van der Waals surface area contributed by atoms with E-state index in [2.05, 4.69) is 10.2 Å². The topological polar surface area (TPSA) is 55.8 Å². The largest absolute Gasteiger partial charge is 0.480 e. The maximum atomic E-state index is 12.7. The van der Waals surface area contributed by atoms with Crippen molar-refractivity contribution in [2.24, 2.45) is 0 Å². The first kappa shape index (κ1) is 16.2. The van der Waals surface area contributed by atoms with Crippen LogP contribution in [-0.4, -0.2) is 78.9 Å². The molecule has 1 fully saturated rings. The number of hydrogen-bond acceptors (Lipinski definition) is 4. The molecule has 112 valence electrons. The molecule has 5 nitrogen and oxygen atoms in total. The van der Waals surface area contributed by atoms with Gasteiger partial charge < -0.3 is 10.0 Å². The zero-order valence-electron chi connectivity index (χ0n) is 11.1. The first-order chi connectivity index (χ1) is 8.67. The van der Waals surface area contributed by atoms with Crippen LogP contribution in [0.15, 0.2) is 0 Å². The average Bonchev–Trinajstić information content (AvgIpc) is 2.29. The van der Waals surface area contributed by atoms with Crippen LogP contribution >= 0.6 is 0 Å². The maximum absolute atomic E-state index is 12.7. The molecular weight excluding hydrogens is 263 g/mol. The van der Waals surface area contributed by atoms with Crippen LogP contribution in [0.25, 0.3) is 0 Å². The second kappa shape index (κ2) is 6.06. The summed E-state index contributed by atoms with van der Waals surface area (Å²) in [7, 11) is 1.99. The van der Waals surface area contributed by atoms with Gasteiger partial charge in [-0.25, -0.2) is 4.79 Å². The number of nitrogens with zero attached hydrogens (tertiary/aromatic N) is 2. The van der Waals surface area contributed by atoms with Crippen LogP contribution in [0.3, 0.4) is 0 Å². The van der Waals surface area contributed by atoms with Crippen molar-refractivity contribution in [2.45, 2.75) is 18.6 Å². The lowest BCUT2D eigenvalue weighted by Crippen LogP contribution is -2.61. The zero-order valence-corrected chi connectivity index (χ0v) is 11.1. The monoisotopic (exact) mass is 283 g/mol. The number of halogens is 3. The number of piperazine rings is 1. The van der Waals surface area contributed by atoms with Gasteiger partial charge in [-0.15, -0.1) is 0 Å². The third-order valence-electron chi connectivity index (χ3n) is 3.50. The Morgan fingerprint density at radius 2 is 1.79 bits per heavy atom. The summed E-state index contributed by atoms with van der Waals surface area (Å²) in [6.45, 7) is 4.37. The molecule has 0 aromatic rings. The van der Waals surface area contributed by atoms with Gasteiger partial charge in [0.05, 0.1) is 0 Å². The van der Waals surface area contributed by atoms with Crippen molar-refractivity contribution >= 4 is 5.97 Å². The summed E-state index contributed by atoms with van der Waals surface area (Å²) in [4.78, 5) is 14.9. The molecule has 0 amide bonds. The van der Waals surface area contributed by atoms with E-state index in [1.165, 1.54) is 0 Å². The molecule has 19 heavy (non-hydrogen) atoms. The Balaban J connectivity index is 2.44. The fourth-order valence-corrected chi connectivity index (χ4v) is 1.83. The lowest BCUT2D eigenvalue weighted by Gasteiger charge is -2.34. The summed E-state index contributed by atoms with van der Waals surface area (Å²) in [5.74, 6) is -1.90. The lowest BCUT2D eigenvalue weighted by atomic mass is 10.0. The van der Waals surface area contributed by atoms with Gasteiger partial charge in [-0.2, -0.15) is 13.2 Å². The quantitative estimate of drug-likeness (QED) is 0.756. The zero-order chi connectivity index (χ0) is 14.7. The number of rotatable bonds is 5. The summed E-state index contributed by atoms with van der Waals surface area (Å²) in [6.07, 6.45) is -4.82. The van der Waals surface area contributed by atoms with E-state index >= 15 is 0 Å². The smallest absolute Gasteiger partial charge is 0.417 e. The molecule has 0 saturated carbocycles. The number of nitrogens with one attached hydrogen (secondary N) is 1. The molecule has 1 aliphatic heterocycles. The van der Waals surface area contributed by atoms with Crippen molar-refractivity contribution in [1.29, 1.82) is 0 Å². The second-order valence-electron chi connectivity index (χ2n) is 5.00. The van der Waals surface area contributed by atoms with E-state index in [1.54, 1.807) is 0 Å². The van der Waals surface area contributed by atoms with Gasteiger partial charge in [0.25, 0.3) is 0 Å². The molecule has 1 atom stereocenters. The van der Waals surface area contributed by atoms with Gasteiger partial charge in [0, 0.05) is 39.3 Å². The molecule has 0 aromatic carbocycles. The SMILES string of the molecule is CN1CCN(CCNC(C)(C(=O)O)C(F)(F)F)CC1. The van der Waals surface area contributed by atoms with E-state index in [-0.39, 0.29) is 6.54 Å². The molecule has 1 unspecified atom stereocenters. The number of carboxylic acids is 1. The van der Waals surface area contributed by atoms with Crippen molar-refractivity contribution in [3.8, 4) is 0 Å². The van der Waals surface area contributed by atoms with Crippen LogP contribution in [0.2, 0.25) is 0 Å². The minimum absolute atomic E-state index is 0.00791. The van der Waals surface area contributed by atoms with E-state index in [0.29, 0.717) is 13.5 Å². The van der Waals surface area contributed by atoms with Crippen molar-refractivity contribution in [3.63, 3.8) is 0 Å². The predicted octanol–water partition coefficient (Wildman–Crippen LogP) is 0.229. The number of aliphatic carboxylic acids is 1. The number of likely N-dealkylation sites (N-methyl/N-ethyl adjacent to an activating group) is 1. The highest BCUT2D eigenvalue weighted by Gasteiger charge is 2.57. The molecule has 0 aromatic heterocycles. The average molecular weight is 283 g/mol. The molecule has 1 saturated heterocycles. The molecule has 8 heteroatoms. The summed E-state index contributed by atoms with van der Waals surface area (Å²) >= 11 is 0. The van der Waals surface area contributed by atoms with Gasteiger partial charge >= 0.3 is 12.1 Å². The fourth-order valence-electron chi connectivity index (χ4n) is 1.83. The van der Waals surface area contributed by atoms with Crippen LogP contribution in [-0.2, 0) is 4.79 Å². The van der Waals surface area contributed by atoms with Gasteiger partial charge in [-0.05, 0) is 14.0 Å². The van der Waals surface area contributed by atoms with E-state index in [9.17, 15) is 18.0 Å². The normalized spacial score (nSPS) is 22.2. The highest BCUT2D eigenvalue weighted by atomic mass is 19.4. The van der Waals surface area contributed by atoms with Crippen LogP contribution < -0.4 is 5.32 Å². The molecule has 2 N–H and O–H groups in total. The molecule has 1 heterocycles. The first-order valence-electron chi connectivity index (χ1n) is 6.13. The highest BCUT2D eigenvalue weighted by molar-refractivity contribution is 5.79. The molecule has 1 rings (SSSR count). The van der Waals surface area contributed by atoms with E-state index in [4.69, 9.17) is 5.11 Å². The van der Waals surface area contributed by atoms with Crippen LogP contribution in [0.4, 0.5) is 13.2 Å². The van der Waals surface area contributed by atoms with Crippen LogP contribution in [0.5, 0.6) is 0 Å². The van der Waals surface area contributed by atoms with Gasteiger partial charge in [-0.3, -0.25) is 10.2 Å². The molecule has 0 spiro atoms. The van der Waals surface area contributed by atoms with E-state index in [0.717, 1.165) is 26.2 Å². The van der Waals surface area contributed by atoms with E-state index < -0.39 is 17.7 Å². The Kier molecular flexibility index (Phi) is 5.17. The maximum Gasteiger partial charge on any atom is 0.417 e. The molecular formula is C11H20F3N3O2. The molecule has 0 aliphatic carbocycles. The third kappa shape index (κ3) is 4.05. The minimum Gasteiger partial charge on any atom is -0.480 e. The number of alkyl halides is 3. The van der Waals surface area contributed by atoms with Crippen molar-refractivity contribution < 1.29 is 23.1 Å². The number of carboxylic acid groups (broad SMARTS) is 1.